The SMILES string of the molecule is CCCC[C@H](O)[C@@H](CC1CC1)C(=O)NC1N=C(OCC)c2ccccc2N(C)C1=O. The smallest absolute Gasteiger partial charge is 0.272 e. The third kappa shape index (κ3) is 5.19. The Morgan fingerprint density at radius 1 is 1.33 bits per heavy atom. The third-order valence-corrected chi connectivity index (χ3v) is 5.81. The summed E-state index contributed by atoms with van der Waals surface area (Å²) in [5.74, 6) is -0.363. The lowest BCUT2D eigenvalue weighted by atomic mass is 9.91. The molecule has 30 heavy (non-hydrogen) atoms. The molecule has 7 nitrogen and oxygen atoms in total. The number of likely N-dealkylation sites (N-methyl/N-ethyl adjacent to an activating group) is 1. The zero-order chi connectivity index (χ0) is 21.7. The molecule has 3 atom stereocenters. The number of fused-ring (bicyclic) bond motifs is 1. The summed E-state index contributed by atoms with van der Waals surface area (Å²) in [4.78, 5) is 32.2. The van der Waals surface area contributed by atoms with Gasteiger partial charge in [0.15, 0.2) is 0 Å². The molecule has 2 aliphatic rings. The van der Waals surface area contributed by atoms with Gasteiger partial charge in [-0.1, -0.05) is 44.7 Å². The number of benzodiazepines with no additional fused rings is 1. The summed E-state index contributed by atoms with van der Waals surface area (Å²) in [6, 6.07) is 7.39. The Morgan fingerprint density at radius 3 is 2.73 bits per heavy atom. The maximum atomic E-state index is 13.1. The second kappa shape index (κ2) is 10.1. The van der Waals surface area contributed by atoms with Gasteiger partial charge in [0.25, 0.3) is 5.91 Å². The van der Waals surface area contributed by atoms with E-state index in [0.29, 0.717) is 42.5 Å². The van der Waals surface area contributed by atoms with Crippen LogP contribution in [0, 0.1) is 11.8 Å². The standard InChI is InChI=1S/C23H33N3O4/c1-4-6-11-19(27)17(14-15-12-13-15)21(28)24-20-23(29)26(3)18-10-8-7-9-16(18)22(25-20)30-5-2/h7-10,15,17,19-20,27H,4-6,11-14H2,1-3H3,(H,24,28)/t17-,19+,20?/m1/s1. The van der Waals surface area contributed by atoms with E-state index in [9.17, 15) is 14.7 Å². The summed E-state index contributed by atoms with van der Waals surface area (Å²) in [6.45, 7) is 4.31. The minimum Gasteiger partial charge on any atom is -0.478 e. The Bertz CT molecular complexity index is 790. The molecule has 7 heteroatoms. The average Bonchev–Trinajstić information content (AvgIpc) is 3.58. The van der Waals surface area contributed by atoms with Gasteiger partial charge >= 0.3 is 0 Å². The number of anilines is 1. The number of hydrogen-bond donors (Lipinski definition) is 2. The number of carbonyl (C=O) groups is 2. The van der Waals surface area contributed by atoms with Crippen LogP contribution >= 0.6 is 0 Å². The predicted octanol–water partition coefficient (Wildman–Crippen LogP) is 2.86. The lowest BCUT2D eigenvalue weighted by molar-refractivity contribution is -0.133. The topological polar surface area (TPSA) is 91.2 Å². The molecule has 1 fully saturated rings. The number of para-hydroxylation sites is 1. The van der Waals surface area contributed by atoms with Crippen LogP contribution in [0.15, 0.2) is 29.3 Å². The number of aliphatic hydroxyl groups is 1. The molecule has 2 amide bonds. The van der Waals surface area contributed by atoms with Gasteiger partial charge in [-0.05, 0) is 37.8 Å². The number of unbranched alkanes of at least 4 members (excludes halogenated alkanes) is 1. The fraction of sp³-hybridized carbons (Fsp3) is 0.609. The molecule has 0 aromatic heterocycles. The van der Waals surface area contributed by atoms with Crippen LogP contribution in [0.5, 0.6) is 0 Å². The van der Waals surface area contributed by atoms with Crippen molar-refractivity contribution in [2.24, 2.45) is 16.8 Å². The van der Waals surface area contributed by atoms with Gasteiger partial charge in [-0.2, -0.15) is 0 Å². The van der Waals surface area contributed by atoms with Crippen LogP contribution in [-0.4, -0.2) is 48.7 Å². The Morgan fingerprint density at radius 2 is 2.07 bits per heavy atom. The molecule has 1 saturated carbocycles. The number of aliphatic imine (C=N–C) groups is 1. The summed E-state index contributed by atoms with van der Waals surface area (Å²) >= 11 is 0. The van der Waals surface area contributed by atoms with Gasteiger partial charge in [0.1, 0.15) is 0 Å². The highest BCUT2D eigenvalue weighted by Crippen LogP contribution is 2.37. The van der Waals surface area contributed by atoms with E-state index >= 15 is 0 Å². The van der Waals surface area contributed by atoms with Crippen molar-refractivity contribution in [2.45, 2.75) is 64.6 Å². The molecule has 1 unspecified atom stereocenters. The molecule has 1 heterocycles. The number of nitrogens with one attached hydrogen (secondary N) is 1. The second-order valence-electron chi connectivity index (χ2n) is 8.19. The lowest BCUT2D eigenvalue weighted by Gasteiger charge is -2.25. The number of aliphatic hydroxyl groups excluding tert-OH is 1. The molecule has 3 rings (SSSR count). The average molecular weight is 416 g/mol. The molecular formula is C23H33N3O4. The maximum Gasteiger partial charge on any atom is 0.272 e. The van der Waals surface area contributed by atoms with Crippen LogP contribution in [0.2, 0.25) is 0 Å². The van der Waals surface area contributed by atoms with Crippen molar-refractivity contribution in [3.05, 3.63) is 29.8 Å². The van der Waals surface area contributed by atoms with Crippen molar-refractivity contribution in [3.63, 3.8) is 0 Å². The molecule has 0 bridgehead atoms. The van der Waals surface area contributed by atoms with Crippen LogP contribution in [0.25, 0.3) is 0 Å². The third-order valence-electron chi connectivity index (χ3n) is 5.81. The summed E-state index contributed by atoms with van der Waals surface area (Å²) < 4.78 is 5.70. The highest BCUT2D eigenvalue weighted by Gasteiger charge is 2.37. The zero-order valence-electron chi connectivity index (χ0n) is 18.1. The summed E-state index contributed by atoms with van der Waals surface area (Å²) in [7, 11) is 1.67. The molecule has 1 aliphatic heterocycles. The van der Waals surface area contributed by atoms with Crippen molar-refractivity contribution in [3.8, 4) is 0 Å². The first-order valence-electron chi connectivity index (χ1n) is 11.0. The van der Waals surface area contributed by atoms with E-state index in [-0.39, 0.29) is 11.8 Å². The largest absolute Gasteiger partial charge is 0.478 e. The van der Waals surface area contributed by atoms with E-state index in [1.165, 1.54) is 4.90 Å². The number of nitrogens with zero attached hydrogens (tertiary/aromatic N) is 2. The van der Waals surface area contributed by atoms with Gasteiger partial charge in [0, 0.05) is 7.05 Å². The molecule has 0 spiro atoms. The van der Waals surface area contributed by atoms with Gasteiger partial charge in [0.05, 0.1) is 29.9 Å². The zero-order valence-corrected chi connectivity index (χ0v) is 18.1. The molecule has 1 aromatic carbocycles. The van der Waals surface area contributed by atoms with Gasteiger partial charge in [-0.3, -0.25) is 9.59 Å². The molecule has 0 saturated heterocycles. The highest BCUT2D eigenvalue weighted by atomic mass is 16.5. The lowest BCUT2D eigenvalue weighted by Crippen LogP contribution is -2.49. The van der Waals surface area contributed by atoms with Gasteiger partial charge in [-0.25, -0.2) is 4.99 Å². The van der Waals surface area contributed by atoms with Gasteiger partial charge in [0.2, 0.25) is 18.0 Å². The van der Waals surface area contributed by atoms with E-state index in [1.54, 1.807) is 7.05 Å². The molecule has 2 N–H and O–H groups in total. The molecule has 1 aromatic rings. The van der Waals surface area contributed by atoms with E-state index in [2.05, 4.69) is 17.2 Å². The Kier molecular flexibility index (Phi) is 7.48. The van der Waals surface area contributed by atoms with Crippen LogP contribution in [0.1, 0.15) is 57.9 Å². The summed E-state index contributed by atoms with van der Waals surface area (Å²) in [6.07, 6.45) is 3.44. The first-order valence-corrected chi connectivity index (χ1v) is 11.0. The van der Waals surface area contributed by atoms with E-state index in [0.717, 1.165) is 25.7 Å². The van der Waals surface area contributed by atoms with E-state index in [4.69, 9.17) is 4.74 Å². The number of rotatable bonds is 9. The fourth-order valence-electron chi connectivity index (χ4n) is 3.84. The highest BCUT2D eigenvalue weighted by molar-refractivity contribution is 6.10. The van der Waals surface area contributed by atoms with Crippen molar-refractivity contribution < 1.29 is 19.4 Å². The van der Waals surface area contributed by atoms with Crippen molar-refractivity contribution in [1.82, 2.24) is 5.32 Å². The van der Waals surface area contributed by atoms with Gasteiger partial charge in [-0.15, -0.1) is 0 Å². The monoisotopic (exact) mass is 415 g/mol. The number of carbonyl (C=O) groups excluding carboxylic acids is 2. The Labute approximate surface area is 178 Å². The normalized spacial score (nSPS) is 20.7. The first kappa shape index (κ1) is 22.3. The van der Waals surface area contributed by atoms with Crippen molar-refractivity contribution in [2.75, 3.05) is 18.6 Å². The number of benzene rings is 1. The number of hydrogen-bond acceptors (Lipinski definition) is 5. The quantitative estimate of drug-likeness (QED) is 0.649. The first-order chi connectivity index (χ1) is 14.5. The van der Waals surface area contributed by atoms with Crippen LogP contribution in [-0.2, 0) is 14.3 Å². The molecule has 164 valence electrons. The van der Waals surface area contributed by atoms with Gasteiger partial charge < -0.3 is 20.1 Å². The fourth-order valence-corrected chi connectivity index (χ4v) is 3.84. The maximum absolute atomic E-state index is 13.1. The minimum absolute atomic E-state index is 0.317. The summed E-state index contributed by atoms with van der Waals surface area (Å²) in [5, 5.41) is 13.4. The Hall–Kier alpha value is -2.41. The number of ether oxygens (including phenoxy) is 1. The second-order valence-corrected chi connectivity index (χ2v) is 8.19. The van der Waals surface area contributed by atoms with E-state index in [1.807, 2.05) is 31.2 Å². The van der Waals surface area contributed by atoms with Crippen LogP contribution in [0.3, 0.4) is 0 Å². The summed E-state index contributed by atoms with van der Waals surface area (Å²) in [5.41, 5.74) is 1.40. The molecule has 0 radical (unpaired) electrons. The van der Waals surface area contributed by atoms with Crippen molar-refractivity contribution in [1.29, 1.82) is 0 Å². The van der Waals surface area contributed by atoms with Crippen molar-refractivity contribution >= 4 is 23.4 Å². The molecule has 1 aliphatic carbocycles. The van der Waals surface area contributed by atoms with Crippen LogP contribution < -0.4 is 10.2 Å². The van der Waals surface area contributed by atoms with Crippen LogP contribution in [0.4, 0.5) is 5.69 Å². The minimum atomic E-state index is -1.09. The Balaban J connectivity index is 1.83. The number of amides is 2. The predicted molar refractivity (Wildman–Crippen MR) is 116 cm³/mol. The van der Waals surface area contributed by atoms with E-state index < -0.39 is 18.2 Å². The molecular weight excluding hydrogens is 382 g/mol.